The van der Waals surface area contributed by atoms with E-state index in [2.05, 4.69) is 15.0 Å². The number of furan rings is 1. The summed E-state index contributed by atoms with van der Waals surface area (Å²) in [5.74, 6) is 1.59. The molecule has 0 aliphatic heterocycles. The summed E-state index contributed by atoms with van der Waals surface area (Å²) in [5.41, 5.74) is 0. The zero-order valence-corrected chi connectivity index (χ0v) is 6.36. The van der Waals surface area contributed by atoms with Crippen molar-refractivity contribution in [2.75, 3.05) is 5.32 Å². The molecule has 0 aliphatic carbocycles. The number of aromatic nitrogens is 1. The highest BCUT2D eigenvalue weighted by molar-refractivity contribution is 5.30. The molecule has 0 saturated heterocycles. The molecule has 4 heteroatoms. The normalized spacial score (nSPS) is 10.0. The van der Waals surface area contributed by atoms with E-state index >= 15 is 0 Å². The van der Waals surface area contributed by atoms with Gasteiger partial charge in [-0.1, -0.05) is 5.16 Å². The third-order valence-corrected chi connectivity index (χ3v) is 1.46. The molecule has 0 radical (unpaired) electrons. The standard InChI is InChI=1S/C8H8N2O2/c1-2-7(11-4-1)6-9-8-3-5-12-10-8/h1-5H,6H2,(H,9,10). The Hall–Kier alpha value is -1.71. The van der Waals surface area contributed by atoms with Crippen LogP contribution in [0.5, 0.6) is 0 Å². The molecule has 0 unspecified atom stereocenters. The minimum absolute atomic E-state index is 0.625. The molecule has 0 saturated carbocycles. The molecule has 2 aromatic heterocycles. The molecule has 2 heterocycles. The Bertz CT molecular complexity index is 278. The minimum Gasteiger partial charge on any atom is -0.467 e. The maximum Gasteiger partial charge on any atom is 0.169 e. The number of nitrogens with zero attached hydrogens (tertiary/aromatic N) is 1. The van der Waals surface area contributed by atoms with Gasteiger partial charge in [-0.15, -0.1) is 0 Å². The first kappa shape index (κ1) is 6.97. The van der Waals surface area contributed by atoms with E-state index in [1.165, 1.54) is 6.26 Å². The fraction of sp³-hybridized carbons (Fsp3) is 0.125. The molecule has 4 nitrogen and oxygen atoms in total. The van der Waals surface area contributed by atoms with Crippen molar-refractivity contribution < 1.29 is 8.94 Å². The lowest BCUT2D eigenvalue weighted by molar-refractivity contribution is 0.421. The third-order valence-electron chi connectivity index (χ3n) is 1.46. The van der Waals surface area contributed by atoms with Crippen LogP contribution < -0.4 is 5.32 Å². The van der Waals surface area contributed by atoms with Crippen LogP contribution in [0.25, 0.3) is 0 Å². The molecule has 2 rings (SSSR count). The lowest BCUT2D eigenvalue weighted by Gasteiger charge is -1.96. The Morgan fingerprint density at radius 2 is 2.33 bits per heavy atom. The number of hydrogen-bond donors (Lipinski definition) is 1. The van der Waals surface area contributed by atoms with Gasteiger partial charge in [0, 0.05) is 6.07 Å². The van der Waals surface area contributed by atoms with Crippen molar-refractivity contribution in [1.29, 1.82) is 0 Å². The van der Waals surface area contributed by atoms with E-state index in [1.54, 1.807) is 12.3 Å². The first-order valence-electron chi connectivity index (χ1n) is 3.62. The highest BCUT2D eigenvalue weighted by atomic mass is 16.5. The molecular formula is C8H8N2O2. The van der Waals surface area contributed by atoms with Crippen molar-refractivity contribution in [2.24, 2.45) is 0 Å². The van der Waals surface area contributed by atoms with E-state index in [0.717, 1.165) is 5.76 Å². The van der Waals surface area contributed by atoms with E-state index in [-0.39, 0.29) is 0 Å². The lowest BCUT2D eigenvalue weighted by Crippen LogP contribution is -1.97. The van der Waals surface area contributed by atoms with Crippen molar-refractivity contribution >= 4 is 5.82 Å². The third kappa shape index (κ3) is 1.47. The van der Waals surface area contributed by atoms with E-state index in [4.69, 9.17) is 4.42 Å². The Morgan fingerprint density at radius 3 is 3.00 bits per heavy atom. The van der Waals surface area contributed by atoms with Gasteiger partial charge in [-0.3, -0.25) is 0 Å². The van der Waals surface area contributed by atoms with Gasteiger partial charge in [0.1, 0.15) is 12.0 Å². The topological polar surface area (TPSA) is 51.2 Å². The van der Waals surface area contributed by atoms with Crippen LogP contribution in [0.2, 0.25) is 0 Å². The largest absolute Gasteiger partial charge is 0.467 e. The molecule has 12 heavy (non-hydrogen) atoms. The Kier molecular flexibility index (Phi) is 1.82. The van der Waals surface area contributed by atoms with Crippen LogP contribution in [0.1, 0.15) is 5.76 Å². The van der Waals surface area contributed by atoms with E-state index in [1.807, 2.05) is 12.1 Å². The maximum absolute atomic E-state index is 5.11. The molecule has 62 valence electrons. The molecule has 0 aliphatic rings. The van der Waals surface area contributed by atoms with Crippen molar-refractivity contribution in [1.82, 2.24) is 5.16 Å². The molecule has 1 N–H and O–H groups in total. The second-order valence-electron chi connectivity index (χ2n) is 2.32. The van der Waals surface area contributed by atoms with Gasteiger partial charge in [0.05, 0.1) is 12.8 Å². The van der Waals surface area contributed by atoms with Crippen LogP contribution in [0.4, 0.5) is 5.82 Å². The highest BCUT2D eigenvalue weighted by Gasteiger charge is 1.96. The molecule has 0 atom stereocenters. The summed E-state index contributed by atoms with van der Waals surface area (Å²) in [4.78, 5) is 0. The predicted octanol–water partition coefficient (Wildman–Crippen LogP) is 1.88. The Balaban J connectivity index is 1.91. The first-order chi connectivity index (χ1) is 5.95. The van der Waals surface area contributed by atoms with Gasteiger partial charge in [0.25, 0.3) is 0 Å². The van der Waals surface area contributed by atoms with Crippen LogP contribution >= 0.6 is 0 Å². The molecule has 0 amide bonds. The van der Waals surface area contributed by atoms with Gasteiger partial charge in [-0.2, -0.15) is 0 Å². The Labute approximate surface area is 69.2 Å². The summed E-state index contributed by atoms with van der Waals surface area (Å²) in [6.07, 6.45) is 3.16. The first-order valence-corrected chi connectivity index (χ1v) is 3.62. The van der Waals surface area contributed by atoms with Gasteiger partial charge in [0.2, 0.25) is 0 Å². The quantitative estimate of drug-likeness (QED) is 0.752. The van der Waals surface area contributed by atoms with Crippen molar-refractivity contribution in [3.05, 3.63) is 36.5 Å². The summed E-state index contributed by atoms with van der Waals surface area (Å²) in [5, 5.41) is 6.72. The van der Waals surface area contributed by atoms with E-state index < -0.39 is 0 Å². The Morgan fingerprint density at radius 1 is 1.33 bits per heavy atom. The summed E-state index contributed by atoms with van der Waals surface area (Å²) >= 11 is 0. The molecule has 2 aromatic rings. The predicted molar refractivity (Wildman–Crippen MR) is 42.5 cm³/mol. The van der Waals surface area contributed by atoms with Crippen molar-refractivity contribution in [3.63, 3.8) is 0 Å². The smallest absolute Gasteiger partial charge is 0.169 e. The van der Waals surface area contributed by atoms with Crippen molar-refractivity contribution in [2.45, 2.75) is 6.54 Å². The lowest BCUT2D eigenvalue weighted by atomic mass is 10.4. The van der Waals surface area contributed by atoms with Crippen LogP contribution in [0.15, 0.2) is 39.7 Å². The van der Waals surface area contributed by atoms with Crippen LogP contribution in [0, 0.1) is 0 Å². The second kappa shape index (κ2) is 3.13. The van der Waals surface area contributed by atoms with Crippen LogP contribution in [0.3, 0.4) is 0 Å². The van der Waals surface area contributed by atoms with Gasteiger partial charge in [-0.05, 0) is 12.1 Å². The van der Waals surface area contributed by atoms with E-state index in [0.29, 0.717) is 12.4 Å². The summed E-state index contributed by atoms with van der Waals surface area (Å²) in [6, 6.07) is 5.50. The van der Waals surface area contributed by atoms with Gasteiger partial charge < -0.3 is 14.3 Å². The zero-order valence-electron chi connectivity index (χ0n) is 6.36. The average Bonchev–Trinajstić information content (AvgIpc) is 2.74. The van der Waals surface area contributed by atoms with Gasteiger partial charge in [-0.25, -0.2) is 0 Å². The highest BCUT2D eigenvalue weighted by Crippen LogP contribution is 2.05. The molecule has 0 aromatic carbocycles. The fourth-order valence-corrected chi connectivity index (χ4v) is 0.895. The number of rotatable bonds is 3. The summed E-state index contributed by atoms with van der Waals surface area (Å²) in [6.45, 7) is 0.625. The van der Waals surface area contributed by atoms with Crippen LogP contribution in [-0.4, -0.2) is 5.16 Å². The molecule has 0 bridgehead atoms. The second-order valence-corrected chi connectivity index (χ2v) is 2.32. The summed E-state index contributed by atoms with van der Waals surface area (Å²) < 4.78 is 9.75. The molecule has 0 fully saturated rings. The number of nitrogens with one attached hydrogen (secondary N) is 1. The van der Waals surface area contributed by atoms with Crippen LogP contribution in [-0.2, 0) is 6.54 Å². The average molecular weight is 164 g/mol. The van der Waals surface area contributed by atoms with E-state index in [9.17, 15) is 0 Å². The van der Waals surface area contributed by atoms with Gasteiger partial charge >= 0.3 is 0 Å². The van der Waals surface area contributed by atoms with Gasteiger partial charge in [0.15, 0.2) is 5.82 Å². The zero-order chi connectivity index (χ0) is 8.23. The molecular weight excluding hydrogens is 156 g/mol. The SMILES string of the molecule is c1coc(CNc2ccon2)c1. The monoisotopic (exact) mass is 164 g/mol. The number of hydrogen-bond acceptors (Lipinski definition) is 4. The molecule has 0 spiro atoms. The fourth-order valence-electron chi connectivity index (χ4n) is 0.895. The van der Waals surface area contributed by atoms with Crippen molar-refractivity contribution in [3.8, 4) is 0 Å². The minimum atomic E-state index is 0.625. The maximum atomic E-state index is 5.11. The number of anilines is 1. The summed E-state index contributed by atoms with van der Waals surface area (Å²) in [7, 11) is 0.